The number of nitrogens with zero attached hydrogens (tertiary/aromatic N) is 5. The molecule has 0 unspecified atom stereocenters. The van der Waals surface area contributed by atoms with E-state index in [0.29, 0.717) is 22.9 Å². The van der Waals surface area contributed by atoms with E-state index in [2.05, 4.69) is 34.9 Å². The Morgan fingerprint density at radius 2 is 1.06 bits per heavy atom. The van der Waals surface area contributed by atoms with Gasteiger partial charge < -0.3 is 4.57 Å². The number of benzene rings is 6. The topological polar surface area (TPSA) is 81.0 Å². The van der Waals surface area contributed by atoms with Gasteiger partial charge in [-0.15, -0.1) is 0 Å². The zero-order valence-electron chi connectivity index (χ0n) is 24.9. The van der Waals surface area contributed by atoms with Gasteiger partial charge in [-0.2, -0.15) is 9.97 Å². The second-order valence-corrected chi connectivity index (χ2v) is 13.1. The molecule has 8 heteroatoms. The molecule has 0 N–H and O–H groups in total. The molecule has 47 heavy (non-hydrogen) atoms. The van der Waals surface area contributed by atoms with Crippen LogP contribution in [0.5, 0.6) is 0 Å². The number of para-hydroxylation sites is 2. The quantitative estimate of drug-likeness (QED) is 0.195. The average Bonchev–Trinajstić information content (AvgIpc) is 3.45. The van der Waals surface area contributed by atoms with Crippen LogP contribution in [0.4, 0.5) is 11.6 Å². The lowest BCUT2D eigenvalue weighted by atomic mass is 10.00. The standard InChI is InChI=1S/C39H25N5O2S/c45-47(46)36-23-13-11-21-30(36)32-24-31-29-20-10-12-22-33(29)43(28-18-8-3-9-19-28)34(31)25-35(32)44(47)39-41-37(26-14-4-1-5-15-26)40-38(42-39)27-16-6-2-7-17-27/h1-25H. The lowest BCUT2D eigenvalue weighted by molar-refractivity contribution is 0.595. The molecule has 0 aliphatic carbocycles. The Labute approximate surface area is 271 Å². The van der Waals surface area contributed by atoms with Crippen molar-refractivity contribution in [2.75, 3.05) is 4.31 Å². The van der Waals surface area contributed by atoms with Gasteiger partial charge in [0.15, 0.2) is 11.6 Å². The number of rotatable bonds is 4. The van der Waals surface area contributed by atoms with Crippen molar-refractivity contribution in [2.24, 2.45) is 0 Å². The van der Waals surface area contributed by atoms with Crippen molar-refractivity contribution in [1.29, 1.82) is 0 Å². The van der Waals surface area contributed by atoms with Crippen LogP contribution < -0.4 is 4.31 Å². The lowest BCUT2D eigenvalue weighted by Gasteiger charge is -2.31. The van der Waals surface area contributed by atoms with Crippen molar-refractivity contribution in [1.82, 2.24) is 19.5 Å². The van der Waals surface area contributed by atoms with Gasteiger partial charge in [-0.25, -0.2) is 17.7 Å². The zero-order valence-corrected chi connectivity index (χ0v) is 25.7. The van der Waals surface area contributed by atoms with Crippen molar-refractivity contribution in [2.45, 2.75) is 4.90 Å². The minimum atomic E-state index is -4.15. The molecule has 0 radical (unpaired) electrons. The molecule has 3 heterocycles. The first-order valence-electron chi connectivity index (χ1n) is 15.2. The molecule has 2 aromatic heterocycles. The highest BCUT2D eigenvalue weighted by molar-refractivity contribution is 7.93. The largest absolute Gasteiger partial charge is 0.309 e. The summed E-state index contributed by atoms with van der Waals surface area (Å²) in [6.45, 7) is 0. The van der Waals surface area contributed by atoms with Crippen LogP contribution in [-0.4, -0.2) is 27.9 Å². The van der Waals surface area contributed by atoms with Gasteiger partial charge in [-0.3, -0.25) is 0 Å². The lowest BCUT2D eigenvalue weighted by Crippen LogP contribution is -2.32. The summed E-state index contributed by atoms with van der Waals surface area (Å²) in [5.41, 5.74) is 6.27. The van der Waals surface area contributed by atoms with Crippen LogP contribution in [0.1, 0.15) is 0 Å². The second kappa shape index (κ2) is 10.5. The first-order valence-corrected chi connectivity index (χ1v) is 16.7. The molecule has 0 saturated heterocycles. The average molecular weight is 628 g/mol. The second-order valence-electron chi connectivity index (χ2n) is 11.4. The number of aromatic nitrogens is 4. The van der Waals surface area contributed by atoms with E-state index in [1.807, 2.05) is 109 Å². The van der Waals surface area contributed by atoms with Gasteiger partial charge in [0.25, 0.3) is 10.0 Å². The zero-order chi connectivity index (χ0) is 31.5. The fourth-order valence-corrected chi connectivity index (χ4v) is 8.10. The fraction of sp³-hybridized carbons (Fsp3) is 0. The summed E-state index contributed by atoms with van der Waals surface area (Å²) >= 11 is 0. The van der Waals surface area contributed by atoms with Gasteiger partial charge in [0.05, 0.1) is 21.6 Å². The molecule has 1 aliphatic heterocycles. The Morgan fingerprint density at radius 1 is 0.489 bits per heavy atom. The molecule has 0 fully saturated rings. The van der Waals surface area contributed by atoms with Gasteiger partial charge >= 0.3 is 0 Å². The minimum Gasteiger partial charge on any atom is -0.309 e. The predicted octanol–water partition coefficient (Wildman–Crippen LogP) is 8.81. The van der Waals surface area contributed by atoms with Crippen LogP contribution in [0.2, 0.25) is 0 Å². The van der Waals surface area contributed by atoms with Gasteiger partial charge in [-0.1, -0.05) is 115 Å². The maximum absolute atomic E-state index is 14.7. The Balaban J connectivity index is 1.39. The van der Waals surface area contributed by atoms with Gasteiger partial charge in [0.2, 0.25) is 5.95 Å². The Morgan fingerprint density at radius 3 is 1.74 bits per heavy atom. The summed E-state index contributed by atoms with van der Waals surface area (Å²) in [6, 6.07) is 48.6. The highest BCUT2D eigenvalue weighted by atomic mass is 32.2. The van der Waals surface area contributed by atoms with E-state index in [9.17, 15) is 8.42 Å². The van der Waals surface area contributed by atoms with Crippen molar-refractivity contribution in [3.05, 3.63) is 152 Å². The van der Waals surface area contributed by atoms with Crippen LogP contribution in [-0.2, 0) is 10.0 Å². The van der Waals surface area contributed by atoms with Crippen molar-refractivity contribution in [3.63, 3.8) is 0 Å². The molecule has 224 valence electrons. The summed E-state index contributed by atoms with van der Waals surface area (Å²) < 4.78 is 33.0. The first-order chi connectivity index (χ1) is 23.1. The Kier molecular flexibility index (Phi) is 6.06. The van der Waals surface area contributed by atoms with Crippen molar-refractivity contribution < 1.29 is 8.42 Å². The van der Waals surface area contributed by atoms with Gasteiger partial charge in [0, 0.05) is 38.7 Å². The number of anilines is 2. The van der Waals surface area contributed by atoms with Crippen molar-refractivity contribution >= 4 is 43.5 Å². The molecule has 1 aliphatic rings. The highest BCUT2D eigenvalue weighted by Crippen LogP contribution is 2.49. The first kappa shape index (κ1) is 27.2. The maximum Gasteiger partial charge on any atom is 0.271 e. The fourth-order valence-electron chi connectivity index (χ4n) is 6.49. The number of sulfonamides is 1. The number of fused-ring (bicyclic) bond motifs is 6. The molecule has 0 amide bonds. The molecule has 0 saturated carbocycles. The van der Waals surface area contributed by atoms with Crippen LogP contribution in [0, 0.1) is 0 Å². The monoisotopic (exact) mass is 627 g/mol. The van der Waals surface area contributed by atoms with E-state index in [1.54, 1.807) is 12.1 Å². The van der Waals surface area contributed by atoms with E-state index < -0.39 is 10.0 Å². The third kappa shape index (κ3) is 4.26. The normalized spacial score (nSPS) is 13.4. The van der Waals surface area contributed by atoms with E-state index in [1.165, 1.54) is 4.31 Å². The highest BCUT2D eigenvalue weighted by Gasteiger charge is 2.39. The van der Waals surface area contributed by atoms with Crippen LogP contribution in [0.15, 0.2) is 157 Å². The number of hydrogen-bond acceptors (Lipinski definition) is 5. The van der Waals surface area contributed by atoms with Crippen molar-refractivity contribution in [3.8, 4) is 39.6 Å². The van der Waals surface area contributed by atoms with Gasteiger partial charge in [0.1, 0.15) is 0 Å². The number of hydrogen-bond donors (Lipinski definition) is 0. The summed E-state index contributed by atoms with van der Waals surface area (Å²) in [5, 5.41) is 2.09. The van der Waals surface area contributed by atoms with Crippen LogP contribution in [0.25, 0.3) is 61.4 Å². The molecule has 0 spiro atoms. The molecule has 0 bridgehead atoms. The third-order valence-electron chi connectivity index (χ3n) is 8.59. The molecule has 0 atom stereocenters. The molecule has 9 rings (SSSR count). The molecule has 8 aromatic rings. The molecular formula is C39H25N5O2S. The SMILES string of the molecule is O=S1(=O)c2ccccc2-c2cc3c4ccccc4n(-c4ccccc4)c3cc2N1c1nc(-c2ccccc2)nc(-c2ccccc2)n1. The van der Waals surface area contributed by atoms with E-state index >= 15 is 0 Å². The van der Waals surface area contributed by atoms with Crippen LogP contribution in [0.3, 0.4) is 0 Å². The maximum atomic E-state index is 14.7. The van der Waals surface area contributed by atoms with E-state index in [4.69, 9.17) is 15.0 Å². The molecule has 7 nitrogen and oxygen atoms in total. The summed E-state index contributed by atoms with van der Waals surface area (Å²) in [4.78, 5) is 14.7. The predicted molar refractivity (Wildman–Crippen MR) is 186 cm³/mol. The van der Waals surface area contributed by atoms with Gasteiger partial charge in [-0.05, 0) is 36.4 Å². The molecular weight excluding hydrogens is 603 g/mol. The Hall–Kier alpha value is -6.12. The summed E-state index contributed by atoms with van der Waals surface area (Å²) in [6.07, 6.45) is 0. The van der Waals surface area contributed by atoms with E-state index in [-0.39, 0.29) is 10.8 Å². The third-order valence-corrected chi connectivity index (χ3v) is 10.3. The minimum absolute atomic E-state index is 0.0233. The summed E-state index contributed by atoms with van der Waals surface area (Å²) in [7, 11) is -4.15. The molecule has 6 aromatic carbocycles. The smallest absolute Gasteiger partial charge is 0.271 e. The Bertz CT molecular complexity index is 2530. The van der Waals surface area contributed by atoms with Crippen LogP contribution >= 0.6 is 0 Å². The summed E-state index contributed by atoms with van der Waals surface area (Å²) in [5.74, 6) is 0.782. The van der Waals surface area contributed by atoms with E-state index in [0.717, 1.165) is 44.2 Å².